The standard InChI is InChI=1S/C18H26F3N3O2/c1-17(2,3)26-16(25)23(4)13-6-5-9-24(11-13)15-8-7-12(10-14(15)22)18(19,20)21/h7-8,10,13H,5-6,9,11,22H2,1-4H3/t13-/m0/s1. The van der Waals surface area contributed by atoms with Crippen LogP contribution in [0.4, 0.5) is 29.3 Å². The van der Waals surface area contributed by atoms with Gasteiger partial charge in [-0.3, -0.25) is 0 Å². The van der Waals surface area contributed by atoms with E-state index < -0.39 is 23.4 Å². The van der Waals surface area contributed by atoms with Gasteiger partial charge in [0, 0.05) is 20.1 Å². The molecule has 0 aliphatic carbocycles. The highest BCUT2D eigenvalue weighted by Crippen LogP contribution is 2.35. The van der Waals surface area contributed by atoms with Gasteiger partial charge in [-0.05, 0) is 51.8 Å². The second-order valence-corrected chi connectivity index (χ2v) is 7.60. The summed E-state index contributed by atoms with van der Waals surface area (Å²) in [6, 6.07) is 3.29. The number of anilines is 2. The third kappa shape index (κ3) is 4.95. The summed E-state index contributed by atoms with van der Waals surface area (Å²) >= 11 is 0. The van der Waals surface area contributed by atoms with Crippen LogP contribution in [0.25, 0.3) is 0 Å². The van der Waals surface area contributed by atoms with Crippen LogP contribution in [-0.4, -0.2) is 42.8 Å². The Morgan fingerprint density at radius 1 is 1.31 bits per heavy atom. The van der Waals surface area contributed by atoms with Crippen molar-refractivity contribution in [3.05, 3.63) is 23.8 Å². The topological polar surface area (TPSA) is 58.8 Å². The first-order valence-electron chi connectivity index (χ1n) is 8.56. The first-order valence-corrected chi connectivity index (χ1v) is 8.56. The molecule has 1 saturated heterocycles. The number of nitrogens with two attached hydrogens (primary N) is 1. The summed E-state index contributed by atoms with van der Waals surface area (Å²) < 4.78 is 43.8. The summed E-state index contributed by atoms with van der Waals surface area (Å²) in [5, 5.41) is 0. The molecule has 0 bridgehead atoms. The summed E-state index contributed by atoms with van der Waals surface area (Å²) in [5.74, 6) is 0. The second kappa shape index (κ2) is 7.25. The highest BCUT2D eigenvalue weighted by molar-refractivity contribution is 5.70. The van der Waals surface area contributed by atoms with Gasteiger partial charge in [0.05, 0.1) is 23.0 Å². The largest absolute Gasteiger partial charge is 0.444 e. The molecule has 1 fully saturated rings. The number of benzene rings is 1. The summed E-state index contributed by atoms with van der Waals surface area (Å²) in [6.07, 6.45) is -3.23. The average Bonchev–Trinajstić information content (AvgIpc) is 2.51. The van der Waals surface area contributed by atoms with Crippen molar-refractivity contribution in [2.45, 2.75) is 51.4 Å². The molecule has 1 atom stereocenters. The number of nitrogens with zero attached hydrogens (tertiary/aromatic N) is 2. The van der Waals surface area contributed by atoms with E-state index in [2.05, 4.69) is 0 Å². The smallest absolute Gasteiger partial charge is 0.416 e. The van der Waals surface area contributed by atoms with E-state index in [1.165, 1.54) is 6.07 Å². The summed E-state index contributed by atoms with van der Waals surface area (Å²) in [7, 11) is 1.68. The molecule has 1 amide bonds. The van der Waals surface area contributed by atoms with Crippen molar-refractivity contribution < 1.29 is 22.7 Å². The number of hydrogen-bond donors (Lipinski definition) is 1. The Morgan fingerprint density at radius 3 is 2.50 bits per heavy atom. The molecule has 1 aliphatic heterocycles. The molecule has 0 aromatic heterocycles. The predicted octanol–water partition coefficient (Wildman–Crippen LogP) is 4.12. The molecule has 146 valence electrons. The third-order valence-corrected chi connectivity index (χ3v) is 4.32. The van der Waals surface area contributed by atoms with Crippen molar-refractivity contribution in [1.29, 1.82) is 0 Å². The number of nitrogen functional groups attached to an aromatic ring is 1. The first kappa shape index (κ1) is 20.2. The number of halogens is 3. The van der Waals surface area contributed by atoms with E-state index in [1.54, 1.807) is 32.7 Å². The van der Waals surface area contributed by atoms with Gasteiger partial charge in [0.25, 0.3) is 0 Å². The molecule has 0 saturated carbocycles. The SMILES string of the molecule is CN(C(=O)OC(C)(C)C)[C@H]1CCCN(c2ccc(C(F)(F)F)cc2N)C1. The number of carbonyl (C=O) groups is 1. The summed E-state index contributed by atoms with van der Waals surface area (Å²) in [6.45, 7) is 6.57. The Morgan fingerprint density at radius 2 is 1.96 bits per heavy atom. The third-order valence-electron chi connectivity index (χ3n) is 4.32. The zero-order valence-electron chi connectivity index (χ0n) is 15.6. The molecule has 1 aromatic rings. The fourth-order valence-corrected chi connectivity index (χ4v) is 2.99. The fourth-order valence-electron chi connectivity index (χ4n) is 2.99. The van der Waals surface area contributed by atoms with Crippen LogP contribution in [0.5, 0.6) is 0 Å². The highest BCUT2D eigenvalue weighted by Gasteiger charge is 2.33. The molecule has 2 rings (SSSR count). The number of amides is 1. The number of piperidine rings is 1. The Balaban J connectivity index is 2.12. The molecule has 0 spiro atoms. The Labute approximate surface area is 151 Å². The zero-order valence-corrected chi connectivity index (χ0v) is 15.6. The molecule has 2 N–H and O–H groups in total. The van der Waals surface area contributed by atoms with Crippen molar-refractivity contribution >= 4 is 17.5 Å². The number of likely N-dealkylation sites (N-methyl/N-ethyl adjacent to an activating group) is 1. The van der Waals surface area contributed by atoms with Crippen LogP contribution in [-0.2, 0) is 10.9 Å². The van der Waals surface area contributed by atoms with Gasteiger partial charge in [-0.15, -0.1) is 0 Å². The minimum absolute atomic E-state index is 0.0837. The van der Waals surface area contributed by atoms with E-state index in [4.69, 9.17) is 10.5 Å². The lowest BCUT2D eigenvalue weighted by Crippen LogP contribution is -2.50. The van der Waals surface area contributed by atoms with Crippen LogP contribution in [0.3, 0.4) is 0 Å². The Hall–Kier alpha value is -2.12. The normalized spacial score (nSPS) is 18.6. The van der Waals surface area contributed by atoms with Gasteiger partial charge in [0.15, 0.2) is 0 Å². The highest BCUT2D eigenvalue weighted by atomic mass is 19.4. The molecule has 0 radical (unpaired) electrons. The molecule has 1 heterocycles. The molecule has 1 aliphatic rings. The van der Waals surface area contributed by atoms with Gasteiger partial charge < -0.3 is 20.3 Å². The lowest BCUT2D eigenvalue weighted by atomic mass is 10.0. The molecule has 5 nitrogen and oxygen atoms in total. The van der Waals surface area contributed by atoms with Crippen molar-refractivity contribution in [3.63, 3.8) is 0 Å². The molecule has 1 aromatic carbocycles. The van der Waals surface area contributed by atoms with Crippen LogP contribution < -0.4 is 10.6 Å². The van der Waals surface area contributed by atoms with Crippen LogP contribution in [0.2, 0.25) is 0 Å². The lowest BCUT2D eigenvalue weighted by molar-refractivity contribution is -0.137. The maximum Gasteiger partial charge on any atom is 0.416 e. The van der Waals surface area contributed by atoms with Crippen molar-refractivity contribution in [3.8, 4) is 0 Å². The van der Waals surface area contributed by atoms with Gasteiger partial charge in [0.1, 0.15) is 5.60 Å². The molecular weight excluding hydrogens is 347 g/mol. The van der Waals surface area contributed by atoms with Crippen molar-refractivity contribution in [2.75, 3.05) is 30.8 Å². The average molecular weight is 373 g/mol. The van der Waals surface area contributed by atoms with Crippen LogP contribution in [0, 0.1) is 0 Å². The maximum atomic E-state index is 12.8. The fraction of sp³-hybridized carbons (Fsp3) is 0.611. The van der Waals surface area contributed by atoms with Crippen molar-refractivity contribution in [2.24, 2.45) is 0 Å². The predicted molar refractivity (Wildman–Crippen MR) is 95.1 cm³/mol. The second-order valence-electron chi connectivity index (χ2n) is 7.60. The van der Waals surface area contributed by atoms with Crippen LogP contribution in [0.15, 0.2) is 18.2 Å². The lowest BCUT2D eigenvalue weighted by Gasteiger charge is -2.39. The van der Waals surface area contributed by atoms with E-state index in [0.29, 0.717) is 18.8 Å². The van der Waals surface area contributed by atoms with Gasteiger partial charge >= 0.3 is 12.3 Å². The van der Waals surface area contributed by atoms with Crippen molar-refractivity contribution in [1.82, 2.24) is 4.90 Å². The van der Waals surface area contributed by atoms with Gasteiger partial charge in [-0.25, -0.2) is 4.79 Å². The minimum Gasteiger partial charge on any atom is -0.444 e. The van der Waals surface area contributed by atoms with E-state index in [0.717, 1.165) is 25.0 Å². The van der Waals surface area contributed by atoms with E-state index >= 15 is 0 Å². The van der Waals surface area contributed by atoms with Gasteiger partial charge in [-0.1, -0.05) is 0 Å². The quantitative estimate of drug-likeness (QED) is 0.792. The monoisotopic (exact) mass is 373 g/mol. The summed E-state index contributed by atoms with van der Waals surface area (Å²) in [5.41, 5.74) is 5.15. The number of rotatable bonds is 2. The summed E-state index contributed by atoms with van der Waals surface area (Å²) in [4.78, 5) is 15.7. The molecule has 26 heavy (non-hydrogen) atoms. The first-order chi connectivity index (χ1) is 11.9. The minimum atomic E-state index is -4.42. The van der Waals surface area contributed by atoms with Crippen LogP contribution >= 0.6 is 0 Å². The van der Waals surface area contributed by atoms with E-state index in [-0.39, 0.29) is 11.7 Å². The number of carbonyl (C=O) groups excluding carboxylic acids is 1. The van der Waals surface area contributed by atoms with E-state index in [9.17, 15) is 18.0 Å². The zero-order chi connectivity index (χ0) is 19.7. The number of alkyl halides is 3. The molecule has 0 unspecified atom stereocenters. The number of ether oxygens (including phenoxy) is 1. The number of hydrogen-bond acceptors (Lipinski definition) is 4. The van der Waals surface area contributed by atoms with Gasteiger partial charge in [0.2, 0.25) is 0 Å². The Bertz CT molecular complexity index is 656. The van der Waals surface area contributed by atoms with Gasteiger partial charge in [-0.2, -0.15) is 13.2 Å². The molecule has 8 heteroatoms. The maximum absolute atomic E-state index is 12.8. The Kier molecular flexibility index (Phi) is 5.63. The van der Waals surface area contributed by atoms with Crippen LogP contribution in [0.1, 0.15) is 39.2 Å². The molecular formula is C18H26F3N3O2. The van der Waals surface area contributed by atoms with E-state index in [1.807, 2.05) is 4.90 Å².